The normalized spacial score (nSPS) is 9.97. The molecular weight excluding hydrogens is 386 g/mol. The summed E-state index contributed by atoms with van der Waals surface area (Å²) in [7, 11) is 0. The number of anilines is 1. The van der Waals surface area contributed by atoms with Crippen molar-refractivity contribution in [2.75, 3.05) is 11.9 Å². The molecule has 0 aliphatic carbocycles. The van der Waals surface area contributed by atoms with Crippen LogP contribution >= 0.6 is 0 Å². The molecule has 0 fully saturated rings. The van der Waals surface area contributed by atoms with Crippen LogP contribution in [0.5, 0.6) is 0 Å². The third-order valence-corrected chi connectivity index (χ3v) is 4.18. The summed E-state index contributed by atoms with van der Waals surface area (Å²) in [4.78, 5) is 34.7. The van der Waals surface area contributed by atoms with Crippen molar-refractivity contribution in [3.8, 4) is 17.2 Å². The minimum atomic E-state index is -0.711. The van der Waals surface area contributed by atoms with Crippen LogP contribution in [-0.2, 0) is 9.53 Å². The first kappa shape index (κ1) is 20.2. The van der Waals surface area contributed by atoms with E-state index >= 15 is 0 Å². The van der Waals surface area contributed by atoms with Crippen molar-refractivity contribution >= 4 is 23.3 Å². The molecule has 0 bridgehead atoms. The van der Waals surface area contributed by atoms with E-state index in [0.29, 0.717) is 22.4 Å². The molecule has 0 saturated heterocycles. The highest BCUT2D eigenvalue weighted by Gasteiger charge is 2.17. The van der Waals surface area contributed by atoms with Crippen LogP contribution in [0.4, 0.5) is 11.4 Å². The maximum atomic E-state index is 12.6. The summed E-state index contributed by atoms with van der Waals surface area (Å²) in [6, 6.07) is 20.9. The van der Waals surface area contributed by atoms with Gasteiger partial charge in [-0.05, 0) is 29.8 Å². The van der Waals surface area contributed by atoms with E-state index in [4.69, 9.17) is 4.74 Å². The molecular formula is C22H15N3O5. The molecule has 0 aliphatic heterocycles. The fraction of sp³-hybridized carbons (Fsp3) is 0.0455. The summed E-state index contributed by atoms with van der Waals surface area (Å²) in [5, 5.41) is 22.5. The maximum absolute atomic E-state index is 12.6. The molecule has 0 radical (unpaired) electrons. The lowest BCUT2D eigenvalue weighted by molar-refractivity contribution is -0.384. The molecule has 1 N–H and O–H groups in total. The van der Waals surface area contributed by atoms with Gasteiger partial charge in [-0.3, -0.25) is 14.9 Å². The smallest absolute Gasteiger partial charge is 0.339 e. The number of nitro benzene ring substituents is 1. The Hall–Kier alpha value is -4.51. The summed E-state index contributed by atoms with van der Waals surface area (Å²) >= 11 is 0. The highest BCUT2D eigenvalue weighted by molar-refractivity contribution is 6.00. The van der Waals surface area contributed by atoms with Crippen LogP contribution in [0.2, 0.25) is 0 Å². The Labute approximate surface area is 171 Å². The number of nitrogens with zero attached hydrogens (tertiary/aromatic N) is 2. The predicted molar refractivity (Wildman–Crippen MR) is 109 cm³/mol. The van der Waals surface area contributed by atoms with Crippen molar-refractivity contribution in [1.82, 2.24) is 0 Å². The molecule has 8 heteroatoms. The zero-order valence-electron chi connectivity index (χ0n) is 15.6. The van der Waals surface area contributed by atoms with Gasteiger partial charge in [-0.25, -0.2) is 4.79 Å². The van der Waals surface area contributed by atoms with Crippen molar-refractivity contribution in [3.63, 3.8) is 0 Å². The zero-order valence-corrected chi connectivity index (χ0v) is 15.6. The Balaban J connectivity index is 1.69. The Morgan fingerprint density at radius 2 is 1.60 bits per heavy atom. The highest BCUT2D eigenvalue weighted by Crippen LogP contribution is 2.27. The first-order valence-electron chi connectivity index (χ1n) is 8.79. The quantitative estimate of drug-likeness (QED) is 0.379. The van der Waals surface area contributed by atoms with E-state index in [1.807, 2.05) is 0 Å². The van der Waals surface area contributed by atoms with Gasteiger partial charge in [0.2, 0.25) is 0 Å². The molecule has 0 heterocycles. The number of nitrogens with one attached hydrogen (secondary N) is 1. The van der Waals surface area contributed by atoms with Crippen LogP contribution in [0, 0.1) is 21.4 Å². The van der Waals surface area contributed by atoms with Gasteiger partial charge < -0.3 is 10.1 Å². The number of hydrogen-bond donors (Lipinski definition) is 1. The molecule has 0 aromatic heterocycles. The van der Waals surface area contributed by atoms with E-state index in [0.717, 1.165) is 0 Å². The molecule has 148 valence electrons. The summed E-state index contributed by atoms with van der Waals surface area (Å²) in [5.74, 6) is -1.30. The Kier molecular flexibility index (Phi) is 6.15. The van der Waals surface area contributed by atoms with Crippen molar-refractivity contribution in [2.24, 2.45) is 0 Å². The summed E-state index contributed by atoms with van der Waals surface area (Å²) in [5.41, 5.74) is 1.98. The van der Waals surface area contributed by atoms with Crippen molar-refractivity contribution < 1.29 is 19.2 Å². The van der Waals surface area contributed by atoms with Gasteiger partial charge >= 0.3 is 5.97 Å². The van der Waals surface area contributed by atoms with E-state index in [1.165, 1.54) is 24.3 Å². The average molecular weight is 401 g/mol. The van der Waals surface area contributed by atoms with Crippen molar-refractivity contribution in [3.05, 3.63) is 94.0 Å². The number of ether oxygens (including phenoxy) is 1. The van der Waals surface area contributed by atoms with Gasteiger partial charge in [-0.1, -0.05) is 36.4 Å². The molecule has 0 spiro atoms. The highest BCUT2D eigenvalue weighted by atomic mass is 16.6. The minimum Gasteiger partial charge on any atom is -0.452 e. The number of carbonyl (C=O) groups excluding carboxylic acids is 2. The van der Waals surface area contributed by atoms with Gasteiger partial charge in [-0.2, -0.15) is 5.26 Å². The summed E-state index contributed by atoms with van der Waals surface area (Å²) < 4.78 is 5.12. The minimum absolute atomic E-state index is 0.103. The van der Waals surface area contributed by atoms with E-state index in [-0.39, 0.29) is 11.3 Å². The number of carbonyl (C=O) groups is 2. The molecule has 30 heavy (non-hydrogen) atoms. The van der Waals surface area contributed by atoms with Crippen LogP contribution in [-0.4, -0.2) is 23.4 Å². The maximum Gasteiger partial charge on any atom is 0.339 e. The fourth-order valence-electron chi connectivity index (χ4n) is 2.78. The Morgan fingerprint density at radius 3 is 2.27 bits per heavy atom. The molecule has 0 aliphatic rings. The van der Waals surface area contributed by atoms with Crippen molar-refractivity contribution in [1.29, 1.82) is 5.26 Å². The van der Waals surface area contributed by atoms with Crippen LogP contribution in [0.3, 0.4) is 0 Å². The van der Waals surface area contributed by atoms with Crippen LogP contribution < -0.4 is 5.32 Å². The lowest BCUT2D eigenvalue weighted by atomic mass is 9.96. The lowest BCUT2D eigenvalue weighted by Gasteiger charge is -2.11. The van der Waals surface area contributed by atoms with Gasteiger partial charge in [0.15, 0.2) is 6.61 Å². The second-order valence-electron chi connectivity index (χ2n) is 6.13. The van der Waals surface area contributed by atoms with E-state index in [2.05, 4.69) is 11.4 Å². The van der Waals surface area contributed by atoms with Gasteiger partial charge in [-0.15, -0.1) is 0 Å². The number of non-ortho nitro benzene ring substituents is 1. The van der Waals surface area contributed by atoms with Gasteiger partial charge in [0, 0.05) is 23.4 Å². The fourth-order valence-corrected chi connectivity index (χ4v) is 2.78. The average Bonchev–Trinajstić information content (AvgIpc) is 2.77. The summed E-state index contributed by atoms with van der Waals surface area (Å²) in [6.45, 7) is -0.538. The molecule has 8 nitrogen and oxygen atoms in total. The number of nitro groups is 1. The zero-order chi connectivity index (χ0) is 21.5. The number of benzene rings is 3. The second-order valence-corrected chi connectivity index (χ2v) is 6.13. The lowest BCUT2D eigenvalue weighted by Crippen LogP contribution is -2.21. The summed E-state index contributed by atoms with van der Waals surface area (Å²) in [6.07, 6.45) is 0. The Morgan fingerprint density at radius 1 is 0.967 bits per heavy atom. The predicted octanol–water partition coefficient (Wildman–Crippen LogP) is 3.93. The SMILES string of the molecule is N#Cc1ccccc1-c1ccccc1C(=O)OCC(=O)Nc1ccc([N+](=O)[O-])cc1. The molecule has 3 aromatic rings. The Bertz CT molecular complexity index is 1150. The second kappa shape index (κ2) is 9.12. The van der Waals surface area contributed by atoms with Gasteiger partial charge in [0.25, 0.3) is 11.6 Å². The van der Waals surface area contributed by atoms with E-state index in [1.54, 1.807) is 48.5 Å². The number of esters is 1. The monoisotopic (exact) mass is 401 g/mol. The first-order chi connectivity index (χ1) is 14.5. The third kappa shape index (κ3) is 4.66. The van der Waals surface area contributed by atoms with E-state index < -0.39 is 23.4 Å². The topological polar surface area (TPSA) is 122 Å². The number of nitriles is 1. The molecule has 0 atom stereocenters. The van der Waals surface area contributed by atoms with Crippen LogP contribution in [0.1, 0.15) is 15.9 Å². The number of amides is 1. The number of hydrogen-bond acceptors (Lipinski definition) is 6. The molecule has 0 saturated carbocycles. The molecule has 3 aromatic carbocycles. The van der Waals surface area contributed by atoms with Gasteiger partial charge in [0.05, 0.1) is 22.1 Å². The molecule has 3 rings (SSSR count). The van der Waals surface area contributed by atoms with Crippen LogP contribution in [0.25, 0.3) is 11.1 Å². The van der Waals surface area contributed by atoms with Crippen LogP contribution in [0.15, 0.2) is 72.8 Å². The van der Waals surface area contributed by atoms with Gasteiger partial charge in [0.1, 0.15) is 0 Å². The standard InChI is InChI=1S/C22H15N3O5/c23-13-15-5-1-2-6-18(15)19-7-3-4-8-20(19)22(27)30-14-21(26)24-16-9-11-17(12-10-16)25(28)29/h1-12H,14H2,(H,24,26). The first-order valence-corrected chi connectivity index (χ1v) is 8.79. The molecule has 0 unspecified atom stereocenters. The third-order valence-electron chi connectivity index (χ3n) is 4.18. The number of rotatable bonds is 6. The largest absolute Gasteiger partial charge is 0.452 e. The van der Waals surface area contributed by atoms with Crippen molar-refractivity contribution in [2.45, 2.75) is 0 Å². The van der Waals surface area contributed by atoms with E-state index in [9.17, 15) is 25.0 Å². The molecule has 1 amide bonds.